The molecule has 0 aliphatic rings. The molecule has 0 saturated carbocycles. The molecule has 2 aromatic carbocycles. The van der Waals surface area contributed by atoms with E-state index >= 15 is 0 Å². The van der Waals surface area contributed by atoms with Crippen LogP contribution in [0.25, 0.3) is 5.78 Å². The van der Waals surface area contributed by atoms with Crippen LogP contribution >= 0.6 is 11.6 Å². The van der Waals surface area contributed by atoms with Gasteiger partial charge in [-0.3, -0.25) is 4.31 Å². The molecule has 0 fully saturated rings. The zero-order valence-corrected chi connectivity index (χ0v) is 17.7. The number of hydrogen-bond acceptors (Lipinski definition) is 5. The zero-order chi connectivity index (χ0) is 21.5. The Kier molecular flexibility index (Phi) is 5.17. The molecule has 2 heterocycles. The van der Waals surface area contributed by atoms with Crippen molar-refractivity contribution in [3.05, 3.63) is 82.6 Å². The van der Waals surface area contributed by atoms with E-state index in [4.69, 9.17) is 11.6 Å². The maximum atomic E-state index is 13.4. The number of halogens is 2. The van der Waals surface area contributed by atoms with Crippen molar-refractivity contribution in [3.8, 4) is 0 Å². The van der Waals surface area contributed by atoms with Crippen molar-refractivity contribution in [2.75, 3.05) is 4.31 Å². The maximum absolute atomic E-state index is 13.4. The van der Waals surface area contributed by atoms with Crippen molar-refractivity contribution in [1.82, 2.24) is 19.6 Å². The number of rotatable bonds is 5. The number of nitrogens with zero attached hydrogens (tertiary/aromatic N) is 5. The molecule has 0 aliphatic heterocycles. The van der Waals surface area contributed by atoms with Gasteiger partial charge in [0.25, 0.3) is 15.8 Å². The Morgan fingerprint density at radius 1 is 1.03 bits per heavy atom. The van der Waals surface area contributed by atoms with Crippen molar-refractivity contribution in [2.24, 2.45) is 0 Å². The lowest BCUT2D eigenvalue weighted by molar-refractivity contribution is 0.588. The molecule has 4 aromatic rings. The third-order valence-corrected chi connectivity index (χ3v) is 6.50. The molecule has 30 heavy (non-hydrogen) atoms. The number of benzene rings is 2. The lowest BCUT2D eigenvalue weighted by Crippen LogP contribution is -2.31. The lowest BCUT2D eigenvalue weighted by atomic mass is 10.3. The molecule has 0 N–H and O–H groups in total. The summed E-state index contributed by atoms with van der Waals surface area (Å²) in [6, 6.07) is 12.9. The molecule has 154 valence electrons. The van der Waals surface area contributed by atoms with Gasteiger partial charge in [0.1, 0.15) is 5.82 Å². The first-order chi connectivity index (χ1) is 14.2. The van der Waals surface area contributed by atoms with Crippen LogP contribution in [0, 0.1) is 19.7 Å². The van der Waals surface area contributed by atoms with Gasteiger partial charge in [0, 0.05) is 16.4 Å². The number of aryl methyl sites for hydroxylation is 2. The van der Waals surface area contributed by atoms with Gasteiger partial charge in [0.2, 0.25) is 0 Å². The van der Waals surface area contributed by atoms with Crippen LogP contribution < -0.4 is 4.31 Å². The van der Waals surface area contributed by atoms with Crippen molar-refractivity contribution in [1.29, 1.82) is 0 Å². The van der Waals surface area contributed by atoms with E-state index < -0.39 is 15.8 Å². The first-order valence-corrected chi connectivity index (χ1v) is 10.8. The summed E-state index contributed by atoms with van der Waals surface area (Å²) in [5.41, 5.74) is 1.89. The van der Waals surface area contributed by atoms with E-state index in [1.165, 1.54) is 48.5 Å². The van der Waals surface area contributed by atoms with E-state index in [9.17, 15) is 12.8 Å². The van der Waals surface area contributed by atoms with E-state index in [0.29, 0.717) is 10.8 Å². The fourth-order valence-electron chi connectivity index (χ4n) is 3.06. The number of hydrogen-bond donors (Lipinski definition) is 0. The largest absolute Gasteiger partial charge is 0.264 e. The fraction of sp³-hybridized carbons (Fsp3) is 0.150. The summed E-state index contributed by atoms with van der Waals surface area (Å²) in [6.07, 6.45) is 0. The van der Waals surface area contributed by atoms with Crippen LogP contribution in [0.15, 0.2) is 59.5 Å². The van der Waals surface area contributed by atoms with Crippen LogP contribution in [0.2, 0.25) is 5.02 Å². The van der Waals surface area contributed by atoms with Gasteiger partial charge >= 0.3 is 0 Å². The predicted molar refractivity (Wildman–Crippen MR) is 111 cm³/mol. The van der Waals surface area contributed by atoms with Crippen molar-refractivity contribution >= 4 is 33.1 Å². The maximum Gasteiger partial charge on any atom is 0.264 e. The van der Waals surface area contributed by atoms with Gasteiger partial charge in [-0.2, -0.15) is 4.98 Å². The summed E-state index contributed by atoms with van der Waals surface area (Å²) in [6.45, 7) is 3.55. The number of aromatic nitrogens is 4. The van der Waals surface area contributed by atoms with E-state index in [0.717, 1.165) is 15.7 Å². The quantitative estimate of drug-likeness (QED) is 0.465. The second-order valence-corrected chi connectivity index (χ2v) is 9.02. The number of anilines is 1. The Morgan fingerprint density at radius 3 is 2.37 bits per heavy atom. The van der Waals surface area contributed by atoms with Gasteiger partial charge in [0.05, 0.1) is 17.1 Å². The minimum absolute atomic E-state index is 0.0464. The molecular formula is C20H17ClFN5O2S. The molecule has 0 atom stereocenters. The Labute approximate surface area is 177 Å². The summed E-state index contributed by atoms with van der Waals surface area (Å²) in [5.74, 6) is 0.173. The van der Waals surface area contributed by atoms with Crippen LogP contribution in [0.1, 0.15) is 17.2 Å². The minimum atomic E-state index is -4.00. The van der Waals surface area contributed by atoms with E-state index in [-0.39, 0.29) is 23.0 Å². The van der Waals surface area contributed by atoms with Gasteiger partial charge in [-0.15, -0.1) is 5.10 Å². The molecule has 2 aromatic heterocycles. The monoisotopic (exact) mass is 445 g/mol. The number of sulfonamides is 1. The smallest absolute Gasteiger partial charge is 0.259 e. The Bertz CT molecular complexity index is 1320. The molecule has 10 heteroatoms. The molecule has 0 unspecified atom stereocenters. The molecule has 0 saturated heterocycles. The van der Waals surface area contributed by atoms with Crippen LogP contribution in [0.4, 0.5) is 10.1 Å². The first kappa shape index (κ1) is 20.2. The Morgan fingerprint density at radius 2 is 1.70 bits per heavy atom. The average molecular weight is 446 g/mol. The van der Waals surface area contributed by atoms with E-state index in [1.54, 1.807) is 4.52 Å². The molecule has 4 rings (SSSR count). The third kappa shape index (κ3) is 3.86. The van der Waals surface area contributed by atoms with Gasteiger partial charge < -0.3 is 0 Å². The molecule has 0 aliphatic carbocycles. The van der Waals surface area contributed by atoms with Crippen LogP contribution in [-0.2, 0) is 16.6 Å². The van der Waals surface area contributed by atoms with Gasteiger partial charge in [-0.05, 0) is 68.4 Å². The van der Waals surface area contributed by atoms with Gasteiger partial charge in [0.15, 0.2) is 5.82 Å². The van der Waals surface area contributed by atoms with Crippen molar-refractivity contribution in [2.45, 2.75) is 25.3 Å². The normalized spacial score (nSPS) is 11.7. The SMILES string of the molecule is Cc1cc(C)n2nc(CN(c3ccc(F)cc3)S(=O)(=O)c3ccc(Cl)cc3)nc2n1. The summed E-state index contributed by atoms with van der Waals surface area (Å²) in [4.78, 5) is 8.76. The van der Waals surface area contributed by atoms with Crippen LogP contribution in [-0.4, -0.2) is 28.0 Å². The van der Waals surface area contributed by atoms with E-state index in [2.05, 4.69) is 15.1 Å². The first-order valence-electron chi connectivity index (χ1n) is 8.98. The summed E-state index contributed by atoms with van der Waals surface area (Å²) in [7, 11) is -4.00. The molecule has 0 amide bonds. The molecule has 0 spiro atoms. The summed E-state index contributed by atoms with van der Waals surface area (Å²) in [5, 5.41) is 4.82. The average Bonchev–Trinajstić information content (AvgIpc) is 3.10. The highest BCUT2D eigenvalue weighted by atomic mass is 35.5. The second-order valence-electron chi connectivity index (χ2n) is 6.72. The van der Waals surface area contributed by atoms with Crippen molar-refractivity contribution in [3.63, 3.8) is 0 Å². The third-order valence-electron chi connectivity index (χ3n) is 4.46. The predicted octanol–water partition coefficient (Wildman–Crippen LogP) is 3.93. The summed E-state index contributed by atoms with van der Waals surface area (Å²) < 4.78 is 42.9. The van der Waals surface area contributed by atoms with Crippen LogP contribution in [0.3, 0.4) is 0 Å². The van der Waals surface area contributed by atoms with Gasteiger partial charge in [-0.25, -0.2) is 22.3 Å². The molecular weight excluding hydrogens is 429 g/mol. The van der Waals surface area contributed by atoms with Crippen molar-refractivity contribution < 1.29 is 12.8 Å². The lowest BCUT2D eigenvalue weighted by Gasteiger charge is -2.23. The Hall–Kier alpha value is -3.04. The van der Waals surface area contributed by atoms with Gasteiger partial charge in [-0.1, -0.05) is 11.6 Å². The highest BCUT2D eigenvalue weighted by Gasteiger charge is 2.27. The number of fused-ring (bicyclic) bond motifs is 1. The second kappa shape index (κ2) is 7.66. The molecule has 7 nitrogen and oxygen atoms in total. The molecule has 0 bridgehead atoms. The highest BCUT2D eigenvalue weighted by molar-refractivity contribution is 7.92. The van der Waals surface area contributed by atoms with Crippen LogP contribution in [0.5, 0.6) is 0 Å². The minimum Gasteiger partial charge on any atom is -0.259 e. The molecule has 0 radical (unpaired) electrons. The fourth-order valence-corrected chi connectivity index (χ4v) is 4.60. The standard InChI is InChI=1S/C20H17ClFN5O2S/c1-13-11-14(2)27-20(23-13)24-19(25-27)12-26(17-7-5-16(22)6-8-17)30(28,29)18-9-3-15(21)4-10-18/h3-11H,12H2,1-2H3. The van der Waals surface area contributed by atoms with E-state index in [1.807, 2.05) is 19.9 Å². The summed E-state index contributed by atoms with van der Waals surface area (Å²) >= 11 is 5.90. The zero-order valence-electron chi connectivity index (χ0n) is 16.1. The highest BCUT2D eigenvalue weighted by Crippen LogP contribution is 2.26. The topological polar surface area (TPSA) is 80.5 Å². The Balaban J connectivity index is 1.81.